The van der Waals surface area contributed by atoms with Crippen LogP contribution < -0.4 is 0 Å². The molecule has 2 aromatic rings. The highest BCUT2D eigenvalue weighted by molar-refractivity contribution is 5.73. The zero-order valence-corrected chi connectivity index (χ0v) is 10.6. The van der Waals surface area contributed by atoms with E-state index in [9.17, 15) is 9.18 Å². The van der Waals surface area contributed by atoms with Crippen LogP contribution in [-0.4, -0.2) is 23.1 Å². The van der Waals surface area contributed by atoms with Gasteiger partial charge in [-0.05, 0) is 23.8 Å². The lowest BCUT2D eigenvalue weighted by atomic mass is 9.99. The fraction of sp³-hybridized carbons (Fsp3) is 0.143. The Morgan fingerprint density at radius 3 is 2.85 bits per heavy atom. The number of nitrogens with zero attached hydrogens (tertiary/aromatic N) is 2. The standard InChI is InChI=1S/C14H11FN2O3/c1-19-14(18)17-7-6-11-12(16-8-20-11)13(17)9-2-4-10(15)5-3-9/h2-8,13H,1H3. The van der Waals surface area contributed by atoms with Crippen molar-refractivity contribution < 1.29 is 18.3 Å². The SMILES string of the molecule is COC(=O)N1C=Cc2ocnc2C1c1ccc(F)cc1. The number of carbonyl (C=O) groups excluding carboxylic acids is 1. The average Bonchev–Trinajstić information content (AvgIpc) is 2.95. The summed E-state index contributed by atoms with van der Waals surface area (Å²) in [7, 11) is 1.30. The molecule has 0 aliphatic carbocycles. The van der Waals surface area contributed by atoms with E-state index in [1.807, 2.05) is 0 Å². The number of ether oxygens (including phenoxy) is 1. The van der Waals surface area contributed by atoms with Gasteiger partial charge >= 0.3 is 6.09 Å². The third-order valence-electron chi connectivity index (χ3n) is 3.12. The number of benzene rings is 1. The predicted octanol–water partition coefficient (Wildman–Crippen LogP) is 2.96. The molecule has 1 aliphatic rings. The van der Waals surface area contributed by atoms with Crippen LogP contribution in [0.15, 0.2) is 41.3 Å². The Labute approximate surface area is 114 Å². The van der Waals surface area contributed by atoms with E-state index in [2.05, 4.69) is 4.98 Å². The first kappa shape index (κ1) is 12.4. The number of fused-ring (bicyclic) bond motifs is 1. The number of methoxy groups -OCH3 is 1. The molecule has 1 aromatic heterocycles. The van der Waals surface area contributed by atoms with Crippen molar-refractivity contribution in [3.05, 3.63) is 59.7 Å². The number of oxazole rings is 1. The minimum Gasteiger partial charge on any atom is -0.452 e. The highest BCUT2D eigenvalue weighted by Crippen LogP contribution is 2.35. The van der Waals surface area contributed by atoms with E-state index in [1.54, 1.807) is 24.4 Å². The second kappa shape index (κ2) is 4.80. The van der Waals surface area contributed by atoms with E-state index in [0.29, 0.717) is 11.5 Å². The molecule has 102 valence electrons. The van der Waals surface area contributed by atoms with Crippen molar-refractivity contribution in [3.8, 4) is 0 Å². The smallest absolute Gasteiger partial charge is 0.414 e. The van der Waals surface area contributed by atoms with Crippen molar-refractivity contribution in [3.63, 3.8) is 0 Å². The normalized spacial score (nSPS) is 16.9. The maximum Gasteiger partial charge on any atom is 0.414 e. The van der Waals surface area contributed by atoms with E-state index in [4.69, 9.17) is 9.15 Å². The first-order valence-electron chi connectivity index (χ1n) is 5.94. The van der Waals surface area contributed by atoms with Gasteiger partial charge in [-0.1, -0.05) is 12.1 Å². The summed E-state index contributed by atoms with van der Waals surface area (Å²) >= 11 is 0. The van der Waals surface area contributed by atoms with Crippen LogP contribution in [0.1, 0.15) is 23.1 Å². The monoisotopic (exact) mass is 274 g/mol. The molecule has 0 radical (unpaired) electrons. The molecule has 1 aliphatic heterocycles. The van der Waals surface area contributed by atoms with Crippen LogP contribution in [0.4, 0.5) is 9.18 Å². The molecule has 0 N–H and O–H groups in total. The first-order valence-corrected chi connectivity index (χ1v) is 5.94. The van der Waals surface area contributed by atoms with Crippen LogP contribution in [-0.2, 0) is 4.74 Å². The van der Waals surface area contributed by atoms with E-state index in [0.717, 1.165) is 5.56 Å². The Kier molecular flexibility index (Phi) is 2.98. The Bertz CT molecular complexity index is 663. The molecule has 2 heterocycles. The van der Waals surface area contributed by atoms with Crippen LogP contribution in [0.2, 0.25) is 0 Å². The highest BCUT2D eigenvalue weighted by atomic mass is 19.1. The lowest BCUT2D eigenvalue weighted by Gasteiger charge is -2.29. The number of carbonyl (C=O) groups is 1. The van der Waals surface area contributed by atoms with Gasteiger partial charge in [-0.2, -0.15) is 0 Å². The van der Waals surface area contributed by atoms with Gasteiger partial charge in [-0.15, -0.1) is 0 Å². The largest absolute Gasteiger partial charge is 0.452 e. The van der Waals surface area contributed by atoms with Crippen molar-refractivity contribution in [2.45, 2.75) is 6.04 Å². The molecule has 0 bridgehead atoms. The Balaban J connectivity index is 2.09. The Morgan fingerprint density at radius 2 is 2.15 bits per heavy atom. The van der Waals surface area contributed by atoms with E-state index < -0.39 is 12.1 Å². The van der Waals surface area contributed by atoms with Gasteiger partial charge in [-0.3, -0.25) is 4.90 Å². The topological polar surface area (TPSA) is 55.6 Å². The minimum atomic E-state index is -0.524. The summed E-state index contributed by atoms with van der Waals surface area (Å²) in [6.07, 6.45) is 3.99. The van der Waals surface area contributed by atoms with Crippen molar-refractivity contribution in [2.75, 3.05) is 7.11 Å². The Morgan fingerprint density at radius 1 is 1.40 bits per heavy atom. The van der Waals surface area contributed by atoms with Crippen molar-refractivity contribution >= 4 is 12.2 Å². The summed E-state index contributed by atoms with van der Waals surface area (Å²) in [4.78, 5) is 17.4. The van der Waals surface area contributed by atoms with Crippen LogP contribution >= 0.6 is 0 Å². The molecule has 1 aromatic carbocycles. The number of amides is 1. The average molecular weight is 274 g/mol. The lowest BCUT2D eigenvalue weighted by molar-refractivity contribution is 0.130. The number of aromatic nitrogens is 1. The fourth-order valence-electron chi connectivity index (χ4n) is 2.19. The molecule has 0 saturated heterocycles. The zero-order valence-electron chi connectivity index (χ0n) is 10.6. The molecule has 0 fully saturated rings. The van der Waals surface area contributed by atoms with Crippen LogP contribution in [0.5, 0.6) is 0 Å². The Hall–Kier alpha value is -2.63. The van der Waals surface area contributed by atoms with Gasteiger partial charge in [0.15, 0.2) is 12.2 Å². The first-order chi connectivity index (χ1) is 9.70. The molecule has 3 rings (SSSR count). The van der Waals surface area contributed by atoms with Crippen molar-refractivity contribution in [2.24, 2.45) is 0 Å². The van der Waals surface area contributed by atoms with E-state index in [-0.39, 0.29) is 5.82 Å². The molecule has 1 amide bonds. The second-order valence-electron chi connectivity index (χ2n) is 4.25. The van der Waals surface area contributed by atoms with E-state index >= 15 is 0 Å². The van der Waals surface area contributed by atoms with Gasteiger partial charge < -0.3 is 9.15 Å². The number of hydrogen-bond acceptors (Lipinski definition) is 4. The third kappa shape index (κ3) is 1.95. The summed E-state index contributed by atoms with van der Waals surface area (Å²) in [6.45, 7) is 0. The van der Waals surface area contributed by atoms with Gasteiger partial charge in [0.25, 0.3) is 0 Å². The molecular formula is C14H11FN2O3. The number of halogens is 1. The van der Waals surface area contributed by atoms with Crippen LogP contribution in [0.3, 0.4) is 0 Å². The fourth-order valence-corrected chi connectivity index (χ4v) is 2.19. The summed E-state index contributed by atoms with van der Waals surface area (Å²) in [6, 6.07) is 5.38. The van der Waals surface area contributed by atoms with Crippen molar-refractivity contribution in [1.82, 2.24) is 9.88 Å². The third-order valence-corrected chi connectivity index (χ3v) is 3.12. The van der Waals surface area contributed by atoms with Gasteiger partial charge in [0.2, 0.25) is 0 Å². The lowest BCUT2D eigenvalue weighted by Crippen LogP contribution is -2.33. The molecule has 6 heteroatoms. The van der Waals surface area contributed by atoms with Gasteiger partial charge in [0, 0.05) is 6.20 Å². The quantitative estimate of drug-likeness (QED) is 0.802. The molecule has 20 heavy (non-hydrogen) atoms. The minimum absolute atomic E-state index is 0.343. The van der Waals surface area contributed by atoms with Crippen LogP contribution in [0, 0.1) is 5.82 Å². The maximum absolute atomic E-state index is 13.1. The molecule has 5 nitrogen and oxygen atoms in total. The molecule has 0 spiro atoms. The summed E-state index contributed by atoms with van der Waals surface area (Å²) in [5.41, 5.74) is 1.31. The van der Waals surface area contributed by atoms with Gasteiger partial charge in [-0.25, -0.2) is 14.2 Å². The van der Waals surface area contributed by atoms with Gasteiger partial charge in [0.1, 0.15) is 17.6 Å². The summed E-state index contributed by atoms with van der Waals surface area (Å²) in [5.74, 6) is 0.226. The van der Waals surface area contributed by atoms with Crippen LogP contribution in [0.25, 0.3) is 6.08 Å². The highest BCUT2D eigenvalue weighted by Gasteiger charge is 2.33. The van der Waals surface area contributed by atoms with Gasteiger partial charge in [0.05, 0.1) is 7.11 Å². The second-order valence-corrected chi connectivity index (χ2v) is 4.25. The molecular weight excluding hydrogens is 263 g/mol. The van der Waals surface area contributed by atoms with E-state index in [1.165, 1.54) is 30.5 Å². The molecule has 0 saturated carbocycles. The summed E-state index contributed by atoms with van der Waals surface area (Å²) < 4.78 is 23.1. The molecule has 1 atom stereocenters. The number of rotatable bonds is 1. The van der Waals surface area contributed by atoms with Crippen molar-refractivity contribution in [1.29, 1.82) is 0 Å². The number of hydrogen-bond donors (Lipinski definition) is 0. The predicted molar refractivity (Wildman–Crippen MR) is 68.0 cm³/mol. The molecule has 1 unspecified atom stereocenters. The maximum atomic E-state index is 13.1. The zero-order chi connectivity index (χ0) is 14.1. The summed E-state index contributed by atoms with van der Waals surface area (Å²) in [5, 5.41) is 0.